The molecule has 22 unspecified atom stereocenters. The number of rotatable bonds is 9. The topological polar surface area (TPSA) is 228 Å². The van der Waals surface area contributed by atoms with Crippen molar-refractivity contribution in [1.82, 2.24) is 0 Å². The molecule has 0 aromatic heterocycles. The molecule has 7 rings (SSSR count). The van der Waals surface area contributed by atoms with Crippen molar-refractivity contribution in [3.8, 4) is 0 Å². The third-order valence-electron chi connectivity index (χ3n) is 15.5. The first-order chi connectivity index (χ1) is 24.6. The summed E-state index contributed by atoms with van der Waals surface area (Å²) in [5.41, 5.74) is -0.105. The summed E-state index contributed by atoms with van der Waals surface area (Å²) in [7, 11) is 0. The van der Waals surface area contributed by atoms with Gasteiger partial charge in [-0.1, -0.05) is 34.1 Å². The quantitative estimate of drug-likeness (QED) is 0.143. The summed E-state index contributed by atoms with van der Waals surface area (Å²) in [6.45, 7) is 7.70. The number of hydrogen-bond acceptors (Lipinski definition) is 14. The monoisotopic (exact) mass is 744 g/mol. The van der Waals surface area contributed by atoms with Gasteiger partial charge in [0.1, 0.15) is 48.8 Å². The van der Waals surface area contributed by atoms with Crippen LogP contribution in [0.15, 0.2) is 0 Å². The summed E-state index contributed by atoms with van der Waals surface area (Å²) in [5, 5.41) is 96.1. The second-order valence-electron chi connectivity index (χ2n) is 18.0. The van der Waals surface area contributed by atoms with Crippen LogP contribution >= 0.6 is 0 Å². The first kappa shape index (κ1) is 39.7. The zero-order valence-corrected chi connectivity index (χ0v) is 31.0. The van der Waals surface area contributed by atoms with Crippen molar-refractivity contribution in [3.05, 3.63) is 0 Å². The highest BCUT2D eigenvalue weighted by Gasteiger charge is 2.71. The van der Waals surface area contributed by atoms with Gasteiger partial charge in [0.25, 0.3) is 0 Å². The summed E-state index contributed by atoms with van der Waals surface area (Å²) in [5.74, 6) is 0.0492. The molecule has 4 saturated carbocycles. The van der Waals surface area contributed by atoms with Gasteiger partial charge >= 0.3 is 0 Å². The number of aliphatic hydroxyl groups excluding tert-OH is 8. The molecule has 3 saturated heterocycles. The zero-order valence-electron chi connectivity index (χ0n) is 31.0. The highest BCUT2D eigenvalue weighted by Crippen LogP contribution is 2.71. The van der Waals surface area contributed by atoms with Crippen LogP contribution in [0, 0.1) is 46.3 Å². The molecule has 9 N–H and O–H groups in total. The van der Waals surface area contributed by atoms with Crippen LogP contribution in [0.4, 0.5) is 0 Å². The van der Waals surface area contributed by atoms with Crippen molar-refractivity contribution in [2.75, 3.05) is 13.2 Å². The Bertz CT molecular complexity index is 1240. The molecular weight excluding hydrogens is 680 g/mol. The van der Waals surface area contributed by atoms with E-state index >= 15 is 0 Å². The van der Waals surface area contributed by atoms with E-state index in [2.05, 4.69) is 27.7 Å². The summed E-state index contributed by atoms with van der Waals surface area (Å²) < 4.78 is 30.3. The first-order valence-electron chi connectivity index (χ1n) is 20.0. The molecule has 7 fully saturated rings. The van der Waals surface area contributed by atoms with Gasteiger partial charge in [0.15, 0.2) is 18.4 Å². The Labute approximate surface area is 306 Å². The van der Waals surface area contributed by atoms with Crippen LogP contribution in [-0.2, 0) is 23.7 Å². The molecule has 0 radical (unpaired) electrons. The maximum atomic E-state index is 12.0. The average Bonchev–Trinajstić information content (AvgIpc) is 3.52. The van der Waals surface area contributed by atoms with Crippen molar-refractivity contribution in [3.63, 3.8) is 0 Å². The molecule has 52 heavy (non-hydrogen) atoms. The lowest BCUT2D eigenvalue weighted by Crippen LogP contribution is -2.65. The molecule has 300 valence electrons. The van der Waals surface area contributed by atoms with E-state index in [1.54, 1.807) is 0 Å². The van der Waals surface area contributed by atoms with E-state index in [-0.39, 0.29) is 40.8 Å². The molecule has 3 aliphatic heterocycles. The minimum absolute atomic E-state index is 0.0128. The van der Waals surface area contributed by atoms with Crippen molar-refractivity contribution < 1.29 is 69.6 Å². The van der Waals surface area contributed by atoms with Gasteiger partial charge in [0.05, 0.1) is 31.5 Å². The van der Waals surface area contributed by atoms with Crippen molar-refractivity contribution >= 4 is 0 Å². The molecule has 0 aromatic rings. The van der Waals surface area contributed by atoms with Crippen LogP contribution in [0.5, 0.6) is 0 Å². The fourth-order valence-corrected chi connectivity index (χ4v) is 12.6. The lowest BCUT2D eigenvalue weighted by Gasteiger charge is -2.61. The van der Waals surface area contributed by atoms with Crippen LogP contribution in [0.2, 0.25) is 0 Å². The van der Waals surface area contributed by atoms with E-state index in [1.165, 1.54) is 0 Å². The van der Waals surface area contributed by atoms with Crippen LogP contribution in [0.25, 0.3) is 0 Å². The molecule has 7 aliphatic rings. The van der Waals surface area contributed by atoms with Crippen molar-refractivity contribution in [2.45, 2.75) is 177 Å². The summed E-state index contributed by atoms with van der Waals surface area (Å²) in [6.07, 6.45) is -7.45. The van der Waals surface area contributed by atoms with Crippen molar-refractivity contribution in [1.29, 1.82) is 0 Å². The second-order valence-corrected chi connectivity index (χ2v) is 18.0. The maximum Gasteiger partial charge on any atom is 0.187 e. The Morgan fingerprint density at radius 3 is 2.04 bits per heavy atom. The molecule has 0 bridgehead atoms. The lowest BCUT2D eigenvalue weighted by atomic mass is 9.44. The summed E-state index contributed by atoms with van der Waals surface area (Å²) in [6, 6.07) is 0. The Morgan fingerprint density at radius 2 is 1.37 bits per heavy atom. The first-order valence-corrected chi connectivity index (χ1v) is 20.0. The van der Waals surface area contributed by atoms with Gasteiger partial charge in [-0.15, -0.1) is 0 Å². The molecule has 0 amide bonds. The van der Waals surface area contributed by atoms with E-state index < -0.39 is 86.5 Å². The highest BCUT2D eigenvalue weighted by molar-refractivity contribution is 5.18. The van der Waals surface area contributed by atoms with Gasteiger partial charge in [0.2, 0.25) is 0 Å². The Kier molecular flexibility index (Phi) is 11.2. The predicted molar refractivity (Wildman–Crippen MR) is 182 cm³/mol. The summed E-state index contributed by atoms with van der Waals surface area (Å²) in [4.78, 5) is 0. The largest absolute Gasteiger partial charge is 0.394 e. The number of aliphatic hydroxyl groups is 9. The van der Waals surface area contributed by atoms with Crippen molar-refractivity contribution in [2.24, 2.45) is 46.3 Å². The Morgan fingerprint density at radius 1 is 0.712 bits per heavy atom. The predicted octanol–water partition coefficient (Wildman–Crippen LogP) is 0.149. The van der Waals surface area contributed by atoms with Gasteiger partial charge in [0, 0.05) is 18.3 Å². The SMILES string of the molecule is CCCCC1(O)OC2C(O)C3C4CCC5CC(OC6OC(CO)C(O)C(O)C6OC6OC(CO)C(O)C(O)C6O)CCC5(C)C4CCC3(C)C2C1C. The van der Waals surface area contributed by atoms with Crippen LogP contribution in [0.1, 0.15) is 91.9 Å². The summed E-state index contributed by atoms with van der Waals surface area (Å²) >= 11 is 0. The number of hydrogen-bond donors (Lipinski definition) is 9. The number of fused-ring (bicyclic) bond motifs is 7. The van der Waals surface area contributed by atoms with Gasteiger partial charge < -0.3 is 69.6 Å². The molecule has 14 nitrogen and oxygen atoms in total. The molecule has 0 aromatic carbocycles. The minimum Gasteiger partial charge on any atom is -0.394 e. The minimum atomic E-state index is -1.73. The molecular formula is C38H64O14. The third-order valence-corrected chi connectivity index (χ3v) is 15.5. The van der Waals surface area contributed by atoms with E-state index in [4.69, 9.17) is 23.7 Å². The van der Waals surface area contributed by atoms with E-state index in [9.17, 15) is 46.0 Å². The number of ether oxygens (including phenoxy) is 5. The molecule has 3 heterocycles. The Balaban J connectivity index is 1.04. The van der Waals surface area contributed by atoms with Crippen LogP contribution in [0.3, 0.4) is 0 Å². The van der Waals surface area contributed by atoms with E-state index in [1.807, 2.05) is 0 Å². The van der Waals surface area contributed by atoms with Gasteiger partial charge in [-0.25, -0.2) is 0 Å². The van der Waals surface area contributed by atoms with E-state index in [0.29, 0.717) is 30.6 Å². The van der Waals surface area contributed by atoms with Gasteiger partial charge in [-0.2, -0.15) is 0 Å². The third kappa shape index (κ3) is 6.23. The van der Waals surface area contributed by atoms with Crippen LogP contribution in [-0.4, -0.2) is 145 Å². The lowest BCUT2D eigenvalue weighted by molar-refractivity contribution is -0.373. The normalized spacial score (nSPS) is 57.5. The average molecular weight is 745 g/mol. The standard InChI is InChI=1S/C38H64O14/c1-5-6-11-38(47)17(2)24-32(52-38)28(43)25-20-8-7-18-14-19(9-12-36(18,3)21(20)10-13-37(24,25)4)48-35-33(30(45)27(42)23(16-40)50-35)51-34-31(46)29(44)26(41)22(15-39)49-34/h17-35,39-47H,5-16H2,1-4H3. The molecule has 14 heteroatoms. The highest BCUT2D eigenvalue weighted by atomic mass is 16.8. The van der Waals surface area contributed by atoms with Gasteiger partial charge in [-0.05, 0) is 85.9 Å². The molecule has 0 spiro atoms. The molecule has 22 atom stereocenters. The maximum absolute atomic E-state index is 12.0. The number of unbranched alkanes of at least 4 members (excludes halogenated alkanes) is 1. The fourth-order valence-electron chi connectivity index (χ4n) is 12.6. The molecule has 4 aliphatic carbocycles. The van der Waals surface area contributed by atoms with Crippen LogP contribution < -0.4 is 0 Å². The second kappa shape index (κ2) is 14.7. The zero-order chi connectivity index (χ0) is 37.5. The van der Waals surface area contributed by atoms with E-state index in [0.717, 1.165) is 51.4 Å². The fraction of sp³-hybridized carbons (Fsp3) is 1.00. The smallest absolute Gasteiger partial charge is 0.187 e. The van der Waals surface area contributed by atoms with Gasteiger partial charge in [-0.3, -0.25) is 0 Å². The Hall–Kier alpha value is -0.560.